The minimum atomic E-state index is -0.000304. The zero-order valence-electron chi connectivity index (χ0n) is 16.5. The van der Waals surface area contributed by atoms with Crippen LogP contribution < -0.4 is 10.9 Å². The Kier molecular flexibility index (Phi) is 5.07. The van der Waals surface area contributed by atoms with Gasteiger partial charge in [0.05, 0.1) is 11.1 Å². The second-order valence-corrected chi connectivity index (χ2v) is 7.48. The fraction of sp³-hybridized carbons (Fsp3) is 0.318. The first-order valence-corrected chi connectivity index (χ1v) is 9.55. The maximum absolute atomic E-state index is 13.4. The third-order valence-electron chi connectivity index (χ3n) is 5.48. The first kappa shape index (κ1) is 18.5. The number of aromatic nitrogens is 2. The molecule has 4 rings (SSSR count). The lowest BCUT2D eigenvalue weighted by Crippen LogP contribution is -2.27. The standard InChI is InChI=1S/C22H25N5O/c1-14-6-7-18-19(22(28)27(3)13-16-5-4-8-23-10-16)9-20(17-11-24-25-12-17)26-21(18)15(14)2/h4-10,17,24-25H,11-13H2,1-3H3. The zero-order chi connectivity index (χ0) is 19.7. The van der Waals surface area contributed by atoms with Crippen molar-refractivity contribution in [2.75, 3.05) is 20.1 Å². The van der Waals surface area contributed by atoms with E-state index in [1.807, 2.05) is 31.3 Å². The van der Waals surface area contributed by atoms with Crippen LogP contribution in [0.1, 0.15) is 38.7 Å². The van der Waals surface area contributed by atoms with Crippen molar-refractivity contribution in [3.05, 3.63) is 70.7 Å². The molecule has 2 N–H and O–H groups in total. The fourth-order valence-corrected chi connectivity index (χ4v) is 3.65. The number of fused-ring (bicyclic) bond motifs is 1. The number of carbonyl (C=O) groups excluding carboxylic acids is 1. The van der Waals surface area contributed by atoms with E-state index in [-0.39, 0.29) is 11.8 Å². The molecule has 2 aromatic heterocycles. The van der Waals surface area contributed by atoms with Gasteiger partial charge in [0.15, 0.2) is 0 Å². The molecule has 0 aliphatic carbocycles. The Morgan fingerprint density at radius 1 is 1.21 bits per heavy atom. The molecule has 1 aliphatic rings. The van der Waals surface area contributed by atoms with Crippen LogP contribution in [0.5, 0.6) is 0 Å². The normalized spacial score (nSPS) is 14.5. The van der Waals surface area contributed by atoms with Gasteiger partial charge in [-0.2, -0.15) is 0 Å². The topological polar surface area (TPSA) is 70.2 Å². The predicted octanol–water partition coefficient (Wildman–Crippen LogP) is 2.71. The lowest BCUT2D eigenvalue weighted by Gasteiger charge is -2.20. The summed E-state index contributed by atoms with van der Waals surface area (Å²) >= 11 is 0. The van der Waals surface area contributed by atoms with Gasteiger partial charge in [0.2, 0.25) is 0 Å². The summed E-state index contributed by atoms with van der Waals surface area (Å²) in [6, 6.07) is 9.93. The van der Waals surface area contributed by atoms with E-state index in [4.69, 9.17) is 4.98 Å². The smallest absolute Gasteiger partial charge is 0.254 e. The second kappa shape index (κ2) is 7.66. The van der Waals surface area contributed by atoms with Crippen molar-refractivity contribution in [2.45, 2.75) is 26.3 Å². The van der Waals surface area contributed by atoms with Gasteiger partial charge in [-0.1, -0.05) is 18.2 Å². The molecule has 6 nitrogen and oxygen atoms in total. The van der Waals surface area contributed by atoms with Gasteiger partial charge in [-0.15, -0.1) is 0 Å². The Morgan fingerprint density at radius 3 is 2.71 bits per heavy atom. The molecule has 0 unspecified atom stereocenters. The van der Waals surface area contributed by atoms with Crippen LogP contribution in [0.4, 0.5) is 0 Å². The largest absolute Gasteiger partial charge is 0.337 e. The monoisotopic (exact) mass is 375 g/mol. The third-order valence-corrected chi connectivity index (χ3v) is 5.48. The van der Waals surface area contributed by atoms with Crippen LogP contribution in [0.2, 0.25) is 0 Å². The highest BCUT2D eigenvalue weighted by Gasteiger charge is 2.23. The number of hydrogen-bond donors (Lipinski definition) is 2. The average Bonchev–Trinajstić information content (AvgIpc) is 3.25. The highest BCUT2D eigenvalue weighted by Crippen LogP contribution is 2.28. The van der Waals surface area contributed by atoms with Gasteiger partial charge < -0.3 is 4.90 Å². The molecule has 3 aromatic rings. The molecule has 1 fully saturated rings. The lowest BCUT2D eigenvalue weighted by molar-refractivity contribution is 0.0786. The van der Waals surface area contributed by atoms with E-state index >= 15 is 0 Å². The van der Waals surface area contributed by atoms with Crippen LogP contribution in [0.15, 0.2) is 42.7 Å². The van der Waals surface area contributed by atoms with Gasteiger partial charge in [-0.3, -0.25) is 25.6 Å². The van der Waals surface area contributed by atoms with Gasteiger partial charge in [0.25, 0.3) is 5.91 Å². The quantitative estimate of drug-likeness (QED) is 0.734. The van der Waals surface area contributed by atoms with Crippen molar-refractivity contribution in [3.63, 3.8) is 0 Å². The summed E-state index contributed by atoms with van der Waals surface area (Å²) < 4.78 is 0. The summed E-state index contributed by atoms with van der Waals surface area (Å²) in [7, 11) is 1.83. The molecule has 0 saturated carbocycles. The van der Waals surface area contributed by atoms with Gasteiger partial charge in [-0.25, -0.2) is 0 Å². The molecule has 0 radical (unpaired) electrons. The molecule has 144 valence electrons. The first-order chi connectivity index (χ1) is 13.5. The van der Waals surface area contributed by atoms with Gasteiger partial charge >= 0.3 is 0 Å². The highest BCUT2D eigenvalue weighted by atomic mass is 16.2. The highest BCUT2D eigenvalue weighted by molar-refractivity contribution is 6.07. The summed E-state index contributed by atoms with van der Waals surface area (Å²) in [5, 5.41) is 0.911. The van der Waals surface area contributed by atoms with Crippen molar-refractivity contribution in [3.8, 4) is 0 Å². The van der Waals surface area contributed by atoms with E-state index in [0.29, 0.717) is 12.1 Å². The number of hydrazine groups is 1. The predicted molar refractivity (Wildman–Crippen MR) is 110 cm³/mol. The van der Waals surface area contributed by atoms with Crippen LogP contribution in [-0.4, -0.2) is 40.9 Å². The number of hydrogen-bond acceptors (Lipinski definition) is 5. The van der Waals surface area contributed by atoms with Crippen molar-refractivity contribution < 1.29 is 4.79 Å². The zero-order valence-corrected chi connectivity index (χ0v) is 16.5. The third kappa shape index (κ3) is 3.48. The molecule has 6 heteroatoms. The Bertz CT molecular complexity index is 1010. The van der Waals surface area contributed by atoms with E-state index in [2.05, 4.69) is 35.7 Å². The van der Waals surface area contributed by atoms with Gasteiger partial charge in [0, 0.05) is 56.1 Å². The number of nitrogens with zero attached hydrogens (tertiary/aromatic N) is 3. The number of carbonyl (C=O) groups is 1. The van der Waals surface area contributed by atoms with Crippen molar-refractivity contribution in [2.24, 2.45) is 0 Å². The maximum atomic E-state index is 13.4. The minimum Gasteiger partial charge on any atom is -0.337 e. The molecular weight excluding hydrogens is 350 g/mol. The average molecular weight is 375 g/mol. The number of pyridine rings is 2. The molecular formula is C22H25N5O. The Labute approximate surface area is 165 Å². The molecule has 0 atom stereocenters. The van der Waals surface area contributed by atoms with E-state index in [9.17, 15) is 4.79 Å². The van der Waals surface area contributed by atoms with Crippen LogP contribution in [0.3, 0.4) is 0 Å². The van der Waals surface area contributed by atoms with E-state index in [1.165, 1.54) is 5.56 Å². The fourth-order valence-electron chi connectivity index (χ4n) is 3.65. The van der Waals surface area contributed by atoms with Gasteiger partial charge in [0.1, 0.15) is 0 Å². The summed E-state index contributed by atoms with van der Waals surface area (Å²) in [6.45, 7) is 6.29. The number of benzene rings is 1. The Hall–Kier alpha value is -2.83. The molecule has 1 aromatic carbocycles. The number of amides is 1. The van der Waals surface area contributed by atoms with E-state index in [1.54, 1.807) is 17.3 Å². The SMILES string of the molecule is Cc1ccc2c(C(=O)N(C)Cc3cccnc3)cc(C3CNNC3)nc2c1C. The number of rotatable bonds is 4. The molecule has 0 spiro atoms. The van der Waals surface area contributed by atoms with Crippen LogP contribution in [0, 0.1) is 13.8 Å². The summed E-state index contributed by atoms with van der Waals surface area (Å²) in [5.74, 6) is 0.249. The van der Waals surface area contributed by atoms with Crippen LogP contribution >= 0.6 is 0 Å². The van der Waals surface area contributed by atoms with Crippen molar-refractivity contribution in [1.29, 1.82) is 0 Å². The van der Waals surface area contributed by atoms with E-state index < -0.39 is 0 Å². The van der Waals surface area contributed by atoms with Crippen LogP contribution in [0.25, 0.3) is 10.9 Å². The number of nitrogens with one attached hydrogen (secondary N) is 2. The summed E-state index contributed by atoms with van der Waals surface area (Å²) in [4.78, 5) is 24.2. The minimum absolute atomic E-state index is 0.000304. The summed E-state index contributed by atoms with van der Waals surface area (Å²) in [5.41, 5.74) is 12.2. The molecule has 1 aliphatic heterocycles. The number of aryl methyl sites for hydroxylation is 2. The molecule has 28 heavy (non-hydrogen) atoms. The van der Waals surface area contributed by atoms with Crippen molar-refractivity contribution >= 4 is 16.8 Å². The first-order valence-electron chi connectivity index (χ1n) is 9.55. The maximum Gasteiger partial charge on any atom is 0.254 e. The molecule has 0 bridgehead atoms. The Morgan fingerprint density at radius 2 is 2.00 bits per heavy atom. The molecule has 1 amide bonds. The van der Waals surface area contributed by atoms with Crippen LogP contribution in [-0.2, 0) is 6.54 Å². The van der Waals surface area contributed by atoms with Gasteiger partial charge in [-0.05, 0) is 42.7 Å². The molecule has 1 saturated heterocycles. The Balaban J connectivity index is 1.77. The van der Waals surface area contributed by atoms with E-state index in [0.717, 1.165) is 40.8 Å². The van der Waals surface area contributed by atoms with Crippen molar-refractivity contribution in [1.82, 2.24) is 25.7 Å². The summed E-state index contributed by atoms with van der Waals surface area (Å²) in [6.07, 6.45) is 3.53. The molecule has 3 heterocycles. The lowest BCUT2D eigenvalue weighted by atomic mass is 9.97. The second-order valence-electron chi connectivity index (χ2n) is 7.48.